The van der Waals surface area contributed by atoms with Gasteiger partial charge in [0.2, 0.25) is 0 Å². The summed E-state index contributed by atoms with van der Waals surface area (Å²) in [6.45, 7) is 3.18. The molecule has 0 aromatic heterocycles. The van der Waals surface area contributed by atoms with E-state index in [1.54, 1.807) is 0 Å². The van der Waals surface area contributed by atoms with Crippen LogP contribution in [0.15, 0.2) is 48.5 Å². The summed E-state index contributed by atoms with van der Waals surface area (Å²) < 4.78 is 0. The summed E-state index contributed by atoms with van der Waals surface area (Å²) in [5, 5.41) is 0. The third-order valence-corrected chi connectivity index (χ3v) is 3.21. The molecule has 84 valence electrons. The third-order valence-electron chi connectivity index (χ3n) is 3.21. The molecule has 0 bridgehead atoms. The highest BCUT2D eigenvalue weighted by molar-refractivity contribution is 5.88. The molecule has 0 saturated heterocycles. The third kappa shape index (κ3) is 1.64. The van der Waals surface area contributed by atoms with Crippen molar-refractivity contribution < 1.29 is 0 Å². The first-order chi connectivity index (χ1) is 8.40. The number of hydrogen-bond donors (Lipinski definition) is 0. The molecular formula is C16H15N. The highest BCUT2D eigenvalue weighted by Crippen LogP contribution is 2.35. The van der Waals surface area contributed by atoms with Crippen LogP contribution in [0, 0.1) is 0 Å². The van der Waals surface area contributed by atoms with Crippen LogP contribution >= 0.6 is 0 Å². The minimum Gasteiger partial charge on any atom is -0.341 e. The summed E-state index contributed by atoms with van der Waals surface area (Å²) in [5.74, 6) is 0. The Balaban J connectivity index is 2.25. The average molecular weight is 221 g/mol. The van der Waals surface area contributed by atoms with E-state index in [4.69, 9.17) is 0 Å². The van der Waals surface area contributed by atoms with E-state index in [1.165, 1.54) is 22.5 Å². The minimum atomic E-state index is 0.982. The van der Waals surface area contributed by atoms with Crippen molar-refractivity contribution in [3.8, 4) is 0 Å². The summed E-state index contributed by atoms with van der Waals surface area (Å²) in [6, 6.07) is 17.1. The van der Waals surface area contributed by atoms with Crippen LogP contribution in [-0.2, 0) is 0 Å². The number of para-hydroxylation sites is 2. The topological polar surface area (TPSA) is 3.24 Å². The molecule has 2 aromatic rings. The zero-order valence-corrected chi connectivity index (χ0v) is 9.93. The SMILES string of the molecule is CCN1c2ccccc2C=Cc2ccccc21. The van der Waals surface area contributed by atoms with Crippen molar-refractivity contribution in [1.29, 1.82) is 0 Å². The Bertz CT molecular complexity index is 520. The summed E-state index contributed by atoms with van der Waals surface area (Å²) in [6.07, 6.45) is 4.40. The summed E-state index contributed by atoms with van der Waals surface area (Å²) in [4.78, 5) is 2.37. The van der Waals surface area contributed by atoms with Gasteiger partial charge in [0.05, 0.1) is 0 Å². The first kappa shape index (κ1) is 10.2. The molecule has 0 atom stereocenters. The molecule has 0 unspecified atom stereocenters. The molecule has 0 amide bonds. The van der Waals surface area contributed by atoms with Crippen molar-refractivity contribution in [3.63, 3.8) is 0 Å². The van der Waals surface area contributed by atoms with Crippen molar-refractivity contribution in [3.05, 3.63) is 59.7 Å². The number of anilines is 2. The minimum absolute atomic E-state index is 0.982. The van der Waals surface area contributed by atoms with Crippen LogP contribution in [0.2, 0.25) is 0 Å². The highest BCUT2D eigenvalue weighted by atomic mass is 15.1. The molecule has 1 heteroatoms. The van der Waals surface area contributed by atoms with Gasteiger partial charge in [-0.25, -0.2) is 0 Å². The quantitative estimate of drug-likeness (QED) is 0.692. The molecule has 3 rings (SSSR count). The van der Waals surface area contributed by atoms with Gasteiger partial charge in [0.15, 0.2) is 0 Å². The molecule has 0 radical (unpaired) electrons. The number of benzene rings is 2. The van der Waals surface area contributed by atoms with Crippen LogP contribution in [0.1, 0.15) is 18.1 Å². The zero-order chi connectivity index (χ0) is 11.7. The molecule has 1 aliphatic heterocycles. The van der Waals surface area contributed by atoms with Gasteiger partial charge in [-0.2, -0.15) is 0 Å². The van der Waals surface area contributed by atoms with Crippen molar-refractivity contribution >= 4 is 23.5 Å². The Morgan fingerprint density at radius 1 is 0.765 bits per heavy atom. The fourth-order valence-electron chi connectivity index (χ4n) is 2.40. The summed E-state index contributed by atoms with van der Waals surface area (Å²) >= 11 is 0. The van der Waals surface area contributed by atoms with E-state index >= 15 is 0 Å². The van der Waals surface area contributed by atoms with Crippen LogP contribution in [0.25, 0.3) is 12.2 Å². The molecule has 0 spiro atoms. The first-order valence-electron chi connectivity index (χ1n) is 6.04. The Morgan fingerprint density at radius 2 is 1.24 bits per heavy atom. The van der Waals surface area contributed by atoms with Crippen molar-refractivity contribution in [2.45, 2.75) is 6.92 Å². The molecule has 1 nitrogen and oxygen atoms in total. The zero-order valence-electron chi connectivity index (χ0n) is 9.93. The molecule has 1 heterocycles. The van der Waals surface area contributed by atoms with Gasteiger partial charge in [0.25, 0.3) is 0 Å². The maximum absolute atomic E-state index is 2.37. The number of fused-ring (bicyclic) bond motifs is 2. The van der Waals surface area contributed by atoms with Crippen molar-refractivity contribution in [2.24, 2.45) is 0 Å². The van der Waals surface area contributed by atoms with Gasteiger partial charge >= 0.3 is 0 Å². The Morgan fingerprint density at radius 3 is 1.71 bits per heavy atom. The van der Waals surface area contributed by atoms with Crippen LogP contribution in [0.4, 0.5) is 11.4 Å². The van der Waals surface area contributed by atoms with Crippen LogP contribution in [0.3, 0.4) is 0 Å². The lowest BCUT2D eigenvalue weighted by atomic mass is 10.1. The second kappa shape index (κ2) is 4.10. The van der Waals surface area contributed by atoms with E-state index in [9.17, 15) is 0 Å². The van der Waals surface area contributed by atoms with Gasteiger partial charge in [-0.15, -0.1) is 0 Å². The molecule has 0 aliphatic carbocycles. The Kier molecular flexibility index (Phi) is 2.45. The van der Waals surface area contributed by atoms with Crippen LogP contribution in [-0.4, -0.2) is 6.54 Å². The standard InChI is InChI=1S/C16H15N/c1-2-17-15-9-5-3-7-13(15)11-12-14-8-4-6-10-16(14)17/h3-12H,2H2,1H3. The Labute approximate surface area is 102 Å². The van der Waals surface area contributed by atoms with Crippen LogP contribution < -0.4 is 4.90 Å². The second-order valence-corrected chi connectivity index (χ2v) is 4.20. The predicted molar refractivity (Wildman–Crippen MR) is 74.5 cm³/mol. The lowest BCUT2D eigenvalue weighted by molar-refractivity contribution is 1.02. The van der Waals surface area contributed by atoms with Crippen LogP contribution in [0.5, 0.6) is 0 Å². The second-order valence-electron chi connectivity index (χ2n) is 4.20. The molecule has 2 aromatic carbocycles. The molecular weight excluding hydrogens is 206 g/mol. The van der Waals surface area contributed by atoms with Gasteiger partial charge in [-0.1, -0.05) is 48.6 Å². The normalized spacial score (nSPS) is 12.9. The fraction of sp³-hybridized carbons (Fsp3) is 0.125. The molecule has 0 saturated carbocycles. The summed E-state index contributed by atoms with van der Waals surface area (Å²) in [5.41, 5.74) is 5.14. The molecule has 0 fully saturated rings. The van der Waals surface area contributed by atoms with Gasteiger partial charge in [-0.3, -0.25) is 0 Å². The average Bonchev–Trinajstić information content (AvgIpc) is 2.55. The van der Waals surface area contributed by atoms with Gasteiger partial charge in [-0.05, 0) is 30.2 Å². The molecule has 1 aliphatic rings. The molecule has 0 N–H and O–H groups in total. The smallest absolute Gasteiger partial charge is 0.0484 e. The van der Waals surface area contributed by atoms with Crippen molar-refractivity contribution in [1.82, 2.24) is 0 Å². The maximum atomic E-state index is 2.37. The number of nitrogens with zero attached hydrogens (tertiary/aromatic N) is 1. The summed E-state index contributed by atoms with van der Waals surface area (Å²) in [7, 11) is 0. The monoisotopic (exact) mass is 221 g/mol. The van der Waals surface area contributed by atoms with E-state index in [0.717, 1.165) is 6.54 Å². The lowest BCUT2D eigenvalue weighted by Gasteiger charge is -2.25. The predicted octanol–water partition coefficient (Wildman–Crippen LogP) is 4.33. The number of rotatable bonds is 1. The number of hydrogen-bond acceptors (Lipinski definition) is 1. The van der Waals surface area contributed by atoms with E-state index < -0.39 is 0 Å². The molecule has 17 heavy (non-hydrogen) atoms. The van der Waals surface area contributed by atoms with Crippen molar-refractivity contribution in [2.75, 3.05) is 11.4 Å². The van der Waals surface area contributed by atoms with Gasteiger partial charge in [0, 0.05) is 17.9 Å². The largest absolute Gasteiger partial charge is 0.341 e. The van der Waals surface area contributed by atoms with E-state index in [2.05, 4.69) is 72.5 Å². The fourth-order valence-corrected chi connectivity index (χ4v) is 2.40. The van der Waals surface area contributed by atoms with E-state index in [-0.39, 0.29) is 0 Å². The van der Waals surface area contributed by atoms with Gasteiger partial charge in [0.1, 0.15) is 0 Å². The Hall–Kier alpha value is -2.02. The van der Waals surface area contributed by atoms with Gasteiger partial charge < -0.3 is 4.90 Å². The highest BCUT2D eigenvalue weighted by Gasteiger charge is 2.14. The van der Waals surface area contributed by atoms with E-state index in [1.807, 2.05) is 0 Å². The van der Waals surface area contributed by atoms with E-state index in [0.29, 0.717) is 0 Å². The lowest BCUT2D eigenvalue weighted by Crippen LogP contribution is -2.17. The maximum Gasteiger partial charge on any atom is 0.0484 e. The first-order valence-corrected chi connectivity index (χ1v) is 6.04.